The smallest absolute Gasteiger partial charge is 0.232 e. The maximum absolute atomic E-state index is 15.2. The topological polar surface area (TPSA) is 105 Å². The Morgan fingerprint density at radius 1 is 1.12 bits per heavy atom. The first-order valence-electron chi connectivity index (χ1n) is 10.6. The van der Waals surface area contributed by atoms with Gasteiger partial charge in [-0.2, -0.15) is 0 Å². The van der Waals surface area contributed by atoms with Gasteiger partial charge in [0.1, 0.15) is 17.2 Å². The number of halogens is 2. The van der Waals surface area contributed by atoms with Crippen molar-refractivity contribution in [2.45, 2.75) is 27.2 Å². The maximum atomic E-state index is 15.2. The van der Waals surface area contributed by atoms with E-state index < -0.39 is 38.7 Å². The number of H-pyrrole nitrogens is 1. The fourth-order valence-corrected chi connectivity index (χ4v) is 5.04. The number of anilines is 1. The molecular weight excluding hydrogens is 462 g/mol. The Morgan fingerprint density at radius 3 is 2.59 bits per heavy atom. The first kappa shape index (κ1) is 23.5. The lowest BCUT2D eigenvalue weighted by molar-refractivity contribution is 0.103. The number of aromatic amines is 1. The van der Waals surface area contributed by atoms with Gasteiger partial charge in [0.25, 0.3) is 0 Å². The van der Waals surface area contributed by atoms with Gasteiger partial charge in [-0.05, 0) is 50.1 Å². The number of fused-ring (bicyclic) bond motifs is 1. The molecule has 2 N–H and O–H groups in total. The van der Waals surface area contributed by atoms with Crippen molar-refractivity contribution in [1.29, 1.82) is 0 Å². The molecule has 0 bridgehead atoms. The van der Waals surface area contributed by atoms with Gasteiger partial charge in [-0.25, -0.2) is 22.2 Å². The van der Waals surface area contributed by atoms with Crippen molar-refractivity contribution in [3.05, 3.63) is 76.9 Å². The van der Waals surface area contributed by atoms with Crippen LogP contribution in [0.4, 0.5) is 14.5 Å². The third kappa shape index (κ3) is 4.28. The average Bonchev–Trinajstić information content (AvgIpc) is 3.19. The molecule has 0 radical (unpaired) electrons. The van der Waals surface area contributed by atoms with Crippen LogP contribution >= 0.6 is 0 Å². The van der Waals surface area contributed by atoms with Gasteiger partial charge in [0, 0.05) is 46.4 Å². The molecule has 0 fully saturated rings. The van der Waals surface area contributed by atoms with Gasteiger partial charge >= 0.3 is 0 Å². The molecule has 0 aliphatic rings. The summed E-state index contributed by atoms with van der Waals surface area (Å²) in [5.41, 5.74) is 2.57. The van der Waals surface area contributed by atoms with Gasteiger partial charge in [-0.1, -0.05) is 6.92 Å². The van der Waals surface area contributed by atoms with Crippen molar-refractivity contribution in [3.8, 4) is 11.1 Å². The summed E-state index contributed by atoms with van der Waals surface area (Å²) in [4.78, 5) is 24.9. The van der Waals surface area contributed by atoms with Crippen molar-refractivity contribution in [1.82, 2.24) is 15.0 Å². The third-order valence-electron chi connectivity index (χ3n) is 5.48. The van der Waals surface area contributed by atoms with Crippen LogP contribution in [0.15, 0.2) is 42.9 Å². The molecule has 34 heavy (non-hydrogen) atoms. The molecule has 3 aromatic heterocycles. The van der Waals surface area contributed by atoms with Crippen LogP contribution < -0.4 is 4.72 Å². The second kappa shape index (κ2) is 8.94. The SMILES string of the molecule is CCCS(=O)(=O)Nc1c(F)ccc(C(=O)c2c[nH]c3ncc(-c4c(C)ccnc4C)cc23)c1F. The molecule has 0 atom stereocenters. The summed E-state index contributed by atoms with van der Waals surface area (Å²) in [6, 6.07) is 5.48. The number of carbonyl (C=O) groups is 1. The van der Waals surface area contributed by atoms with E-state index in [-0.39, 0.29) is 17.7 Å². The molecule has 7 nitrogen and oxygen atoms in total. The molecule has 1 aromatic carbocycles. The highest BCUT2D eigenvalue weighted by Gasteiger charge is 2.25. The summed E-state index contributed by atoms with van der Waals surface area (Å²) in [6.45, 7) is 5.43. The van der Waals surface area contributed by atoms with E-state index in [2.05, 4.69) is 15.0 Å². The first-order chi connectivity index (χ1) is 16.1. The predicted molar refractivity (Wildman–Crippen MR) is 126 cm³/mol. The molecule has 0 saturated carbocycles. The zero-order valence-electron chi connectivity index (χ0n) is 18.7. The van der Waals surface area contributed by atoms with Crippen LogP contribution in [-0.2, 0) is 10.0 Å². The van der Waals surface area contributed by atoms with E-state index in [0.717, 1.165) is 34.5 Å². The minimum atomic E-state index is -3.97. The van der Waals surface area contributed by atoms with Crippen LogP contribution in [0.1, 0.15) is 40.5 Å². The molecule has 0 amide bonds. The van der Waals surface area contributed by atoms with Gasteiger partial charge in [-0.15, -0.1) is 0 Å². The number of nitrogens with one attached hydrogen (secondary N) is 2. The molecule has 0 aliphatic heterocycles. The van der Waals surface area contributed by atoms with E-state index in [1.54, 1.807) is 25.4 Å². The third-order valence-corrected chi connectivity index (χ3v) is 6.94. The summed E-state index contributed by atoms with van der Waals surface area (Å²) >= 11 is 0. The van der Waals surface area contributed by atoms with Crippen molar-refractivity contribution < 1.29 is 22.0 Å². The Bertz CT molecular complexity index is 1510. The van der Waals surface area contributed by atoms with Gasteiger partial charge in [0.15, 0.2) is 11.6 Å². The van der Waals surface area contributed by atoms with E-state index in [4.69, 9.17) is 0 Å². The second-order valence-corrected chi connectivity index (χ2v) is 9.79. The lowest BCUT2D eigenvalue weighted by Crippen LogP contribution is -2.19. The number of pyridine rings is 2. The lowest BCUT2D eigenvalue weighted by Gasteiger charge is -2.12. The molecule has 176 valence electrons. The van der Waals surface area contributed by atoms with Gasteiger partial charge in [0.2, 0.25) is 10.0 Å². The van der Waals surface area contributed by atoms with Crippen molar-refractivity contribution in [3.63, 3.8) is 0 Å². The molecule has 0 unspecified atom stereocenters. The molecule has 0 spiro atoms. The monoisotopic (exact) mass is 484 g/mol. The summed E-state index contributed by atoms with van der Waals surface area (Å²) in [6.07, 6.45) is 5.02. The second-order valence-electron chi connectivity index (χ2n) is 7.94. The molecule has 0 saturated heterocycles. The largest absolute Gasteiger partial charge is 0.345 e. The summed E-state index contributed by atoms with van der Waals surface area (Å²) in [5, 5.41) is 0.446. The molecule has 4 aromatic rings. The molecule has 0 aliphatic carbocycles. The standard InChI is InChI=1S/C24H22F2N4O3S/c1-4-9-34(32,33)30-22-19(25)6-5-16(21(22)26)23(31)18-12-29-24-17(18)10-15(11-28-24)20-13(2)7-8-27-14(20)3/h5-8,10-12,30H,4,9H2,1-3H3,(H,28,29). The summed E-state index contributed by atoms with van der Waals surface area (Å²) < 4.78 is 55.5. The van der Waals surface area contributed by atoms with Crippen molar-refractivity contribution >= 4 is 32.5 Å². The average molecular weight is 485 g/mol. The van der Waals surface area contributed by atoms with Gasteiger partial charge in [-0.3, -0.25) is 14.5 Å². The van der Waals surface area contributed by atoms with Crippen LogP contribution in [0.3, 0.4) is 0 Å². The summed E-state index contributed by atoms with van der Waals surface area (Å²) in [7, 11) is -3.97. The number of benzene rings is 1. The Labute approximate surface area is 195 Å². The van der Waals surface area contributed by atoms with Crippen molar-refractivity contribution in [2.75, 3.05) is 10.5 Å². The van der Waals surface area contributed by atoms with E-state index in [1.807, 2.05) is 24.6 Å². The molecule has 3 heterocycles. The molecule has 10 heteroatoms. The van der Waals surface area contributed by atoms with E-state index in [9.17, 15) is 17.6 Å². The van der Waals surface area contributed by atoms with Crippen LogP contribution in [0.5, 0.6) is 0 Å². The lowest BCUT2D eigenvalue weighted by atomic mass is 9.98. The molecular formula is C24H22F2N4O3S. The highest BCUT2D eigenvalue weighted by Crippen LogP contribution is 2.31. The van der Waals surface area contributed by atoms with Gasteiger partial charge < -0.3 is 4.98 Å². The number of nitrogens with zero attached hydrogens (tertiary/aromatic N) is 2. The highest BCUT2D eigenvalue weighted by molar-refractivity contribution is 7.92. The number of rotatable bonds is 7. The number of sulfonamides is 1. The highest BCUT2D eigenvalue weighted by atomic mass is 32.2. The number of aryl methyl sites for hydroxylation is 2. The normalized spacial score (nSPS) is 11.7. The Balaban J connectivity index is 1.80. The number of aromatic nitrogens is 3. The number of hydrogen-bond donors (Lipinski definition) is 2. The number of ketones is 1. The van der Waals surface area contributed by atoms with E-state index in [1.165, 1.54) is 6.20 Å². The molecule has 4 rings (SSSR count). The predicted octanol–water partition coefficient (Wildman–Crippen LogP) is 4.90. The minimum absolute atomic E-state index is 0.122. The maximum Gasteiger partial charge on any atom is 0.232 e. The van der Waals surface area contributed by atoms with E-state index >= 15 is 4.39 Å². The minimum Gasteiger partial charge on any atom is -0.345 e. The Hall–Kier alpha value is -3.66. The number of hydrogen-bond acceptors (Lipinski definition) is 5. The quantitative estimate of drug-likeness (QED) is 0.363. The Kier molecular flexibility index (Phi) is 6.18. The fraction of sp³-hybridized carbons (Fsp3) is 0.208. The zero-order valence-corrected chi connectivity index (χ0v) is 19.6. The zero-order chi connectivity index (χ0) is 24.6. The first-order valence-corrected chi connectivity index (χ1v) is 12.2. The van der Waals surface area contributed by atoms with Crippen molar-refractivity contribution in [2.24, 2.45) is 0 Å². The van der Waals surface area contributed by atoms with Crippen LogP contribution in [0, 0.1) is 25.5 Å². The fourth-order valence-electron chi connectivity index (χ4n) is 3.90. The van der Waals surface area contributed by atoms with Crippen LogP contribution in [0.25, 0.3) is 22.2 Å². The number of carbonyl (C=O) groups excluding carboxylic acids is 1. The van der Waals surface area contributed by atoms with Crippen LogP contribution in [0.2, 0.25) is 0 Å². The van der Waals surface area contributed by atoms with Crippen LogP contribution in [-0.4, -0.2) is 34.9 Å². The summed E-state index contributed by atoms with van der Waals surface area (Å²) in [5.74, 6) is -3.44. The Morgan fingerprint density at radius 2 is 1.88 bits per heavy atom. The van der Waals surface area contributed by atoms with Gasteiger partial charge in [0.05, 0.1) is 11.3 Å². The van der Waals surface area contributed by atoms with E-state index in [0.29, 0.717) is 11.0 Å².